The van der Waals surface area contributed by atoms with Gasteiger partial charge in [0.25, 0.3) is 0 Å². The summed E-state index contributed by atoms with van der Waals surface area (Å²) in [7, 11) is -2.25. The van der Waals surface area contributed by atoms with Crippen LogP contribution in [0.15, 0.2) is 41.1 Å². The molecule has 3 N–H and O–H groups in total. The van der Waals surface area contributed by atoms with Crippen LogP contribution in [0.25, 0.3) is 0 Å². The van der Waals surface area contributed by atoms with Gasteiger partial charge in [0, 0.05) is 36.8 Å². The smallest absolute Gasteiger partial charge is 0.242 e. The molecule has 0 bridgehead atoms. The topological polar surface area (TPSA) is 112 Å². The molecule has 0 saturated carbocycles. The number of hydrogen-bond donors (Lipinski definition) is 3. The SMILES string of the molecule is CNS(=O)(=O)C1=CCCC=C1Nc1nc(Nc2ccc(N3CCC(N4CCCCC4)CC3)c3c2OC(C)(C)C3)ncc1Cl. The Morgan fingerprint density at radius 3 is 2.51 bits per heavy atom. The van der Waals surface area contributed by atoms with Gasteiger partial charge in [-0.2, -0.15) is 4.98 Å². The van der Waals surface area contributed by atoms with Crippen LogP contribution in [-0.2, 0) is 16.4 Å². The molecule has 2 fully saturated rings. The molecule has 10 nitrogen and oxygen atoms in total. The number of likely N-dealkylation sites (tertiary alicyclic amines) is 1. The van der Waals surface area contributed by atoms with Crippen molar-refractivity contribution in [2.24, 2.45) is 0 Å². The van der Waals surface area contributed by atoms with E-state index in [9.17, 15) is 8.42 Å². The number of sulfonamides is 1. The lowest BCUT2D eigenvalue weighted by Gasteiger charge is -2.41. The van der Waals surface area contributed by atoms with Crippen molar-refractivity contribution >= 4 is 44.8 Å². The first kappa shape index (κ1) is 30.2. The summed E-state index contributed by atoms with van der Waals surface area (Å²) in [6, 6.07) is 4.92. The van der Waals surface area contributed by atoms with E-state index < -0.39 is 10.0 Å². The van der Waals surface area contributed by atoms with Gasteiger partial charge in [-0.3, -0.25) is 0 Å². The van der Waals surface area contributed by atoms with Crippen molar-refractivity contribution in [3.05, 3.63) is 51.7 Å². The van der Waals surface area contributed by atoms with Crippen LogP contribution in [0.5, 0.6) is 5.75 Å². The number of allylic oxidation sites excluding steroid dienone is 2. The molecule has 2 saturated heterocycles. The monoisotopic (exact) mass is 627 g/mol. The first-order valence-corrected chi connectivity index (χ1v) is 17.2. The van der Waals surface area contributed by atoms with Crippen LogP contribution >= 0.6 is 11.6 Å². The molecule has 1 aromatic carbocycles. The number of nitrogens with one attached hydrogen (secondary N) is 3. The molecule has 43 heavy (non-hydrogen) atoms. The fourth-order valence-electron chi connectivity index (χ4n) is 6.69. The number of hydrogen-bond acceptors (Lipinski definition) is 9. The van der Waals surface area contributed by atoms with Gasteiger partial charge in [0.2, 0.25) is 16.0 Å². The highest BCUT2D eigenvalue weighted by molar-refractivity contribution is 7.93. The predicted octanol–water partition coefficient (Wildman–Crippen LogP) is 5.56. The van der Waals surface area contributed by atoms with E-state index in [0.29, 0.717) is 36.3 Å². The number of aromatic nitrogens is 2. The minimum absolute atomic E-state index is 0.175. The number of ether oxygens (including phenoxy) is 1. The molecule has 3 aliphatic heterocycles. The van der Waals surface area contributed by atoms with Gasteiger partial charge in [-0.05, 0) is 84.6 Å². The minimum atomic E-state index is -3.65. The maximum absolute atomic E-state index is 12.6. The Morgan fingerprint density at radius 1 is 1.02 bits per heavy atom. The summed E-state index contributed by atoms with van der Waals surface area (Å²) in [6.45, 7) is 8.82. The molecule has 12 heteroatoms. The van der Waals surface area contributed by atoms with Gasteiger partial charge in [-0.25, -0.2) is 18.1 Å². The van der Waals surface area contributed by atoms with Crippen molar-refractivity contribution in [2.45, 2.75) is 76.9 Å². The van der Waals surface area contributed by atoms with Crippen LogP contribution < -0.4 is 25.0 Å². The Kier molecular flexibility index (Phi) is 8.61. The average Bonchev–Trinajstić information content (AvgIpc) is 3.35. The zero-order valence-corrected chi connectivity index (χ0v) is 26.8. The summed E-state index contributed by atoms with van der Waals surface area (Å²) in [4.78, 5) is 14.4. The van der Waals surface area contributed by atoms with E-state index in [4.69, 9.17) is 16.3 Å². The molecule has 4 heterocycles. The Hall–Kier alpha value is -2.86. The fraction of sp³-hybridized carbons (Fsp3) is 0.548. The molecular weight excluding hydrogens is 586 g/mol. The van der Waals surface area contributed by atoms with Crippen molar-refractivity contribution in [1.29, 1.82) is 0 Å². The summed E-state index contributed by atoms with van der Waals surface area (Å²) in [5.41, 5.74) is 3.35. The van der Waals surface area contributed by atoms with E-state index in [1.54, 1.807) is 6.08 Å². The molecule has 2 aromatic rings. The van der Waals surface area contributed by atoms with Gasteiger partial charge in [-0.1, -0.05) is 30.2 Å². The second-order valence-electron chi connectivity index (χ2n) is 12.4. The van der Waals surface area contributed by atoms with Gasteiger partial charge >= 0.3 is 0 Å². The molecular formula is C31H42ClN7O3S. The van der Waals surface area contributed by atoms with Crippen molar-refractivity contribution in [2.75, 3.05) is 48.8 Å². The van der Waals surface area contributed by atoms with E-state index in [2.05, 4.69) is 55.0 Å². The van der Waals surface area contributed by atoms with Crippen molar-refractivity contribution < 1.29 is 13.2 Å². The van der Waals surface area contributed by atoms with Crippen LogP contribution in [0.1, 0.15) is 64.4 Å². The van der Waals surface area contributed by atoms with E-state index in [0.717, 1.165) is 30.9 Å². The lowest BCUT2D eigenvalue weighted by Crippen LogP contribution is -2.46. The Labute approximate surface area is 260 Å². The molecule has 4 aliphatic rings. The Balaban J connectivity index is 1.21. The van der Waals surface area contributed by atoms with Crippen molar-refractivity contribution in [1.82, 2.24) is 19.6 Å². The third-order valence-electron chi connectivity index (χ3n) is 8.84. The molecule has 6 rings (SSSR count). The number of anilines is 4. The molecule has 0 unspecified atom stereocenters. The van der Waals surface area contributed by atoms with Crippen molar-refractivity contribution in [3.63, 3.8) is 0 Å². The number of benzene rings is 1. The summed E-state index contributed by atoms with van der Waals surface area (Å²) < 4.78 is 34.0. The summed E-state index contributed by atoms with van der Waals surface area (Å²) >= 11 is 6.45. The molecule has 1 aliphatic carbocycles. The minimum Gasteiger partial charge on any atom is -0.485 e. The fourth-order valence-corrected chi connectivity index (χ4v) is 7.81. The Bertz CT molecular complexity index is 1530. The molecule has 0 atom stereocenters. The van der Waals surface area contributed by atoms with Crippen LogP contribution in [0.4, 0.5) is 23.1 Å². The number of rotatable bonds is 8. The summed E-state index contributed by atoms with van der Waals surface area (Å²) in [5.74, 6) is 1.47. The zero-order valence-electron chi connectivity index (χ0n) is 25.2. The number of fused-ring (bicyclic) bond motifs is 1. The van der Waals surface area contributed by atoms with E-state index >= 15 is 0 Å². The summed E-state index contributed by atoms with van der Waals surface area (Å²) in [6.07, 6.45) is 13.6. The zero-order chi connectivity index (χ0) is 30.2. The molecule has 0 spiro atoms. The quantitative estimate of drug-likeness (QED) is 0.346. The number of nitrogens with zero attached hydrogens (tertiary/aromatic N) is 4. The molecule has 1 aromatic heterocycles. The lowest BCUT2D eigenvalue weighted by molar-refractivity contribution is 0.139. The lowest BCUT2D eigenvalue weighted by atomic mass is 9.96. The van der Waals surface area contributed by atoms with Gasteiger partial charge < -0.3 is 25.2 Å². The maximum Gasteiger partial charge on any atom is 0.242 e. The first-order chi connectivity index (χ1) is 20.6. The highest BCUT2D eigenvalue weighted by atomic mass is 35.5. The highest BCUT2D eigenvalue weighted by Crippen LogP contribution is 2.47. The maximum atomic E-state index is 12.6. The second kappa shape index (κ2) is 12.3. The first-order valence-electron chi connectivity index (χ1n) is 15.4. The molecule has 232 valence electrons. The van der Waals surface area contributed by atoms with E-state index in [1.165, 1.54) is 69.7 Å². The average molecular weight is 628 g/mol. The van der Waals surface area contributed by atoms with E-state index in [1.807, 2.05) is 12.1 Å². The third-order valence-corrected chi connectivity index (χ3v) is 10.6. The van der Waals surface area contributed by atoms with Crippen LogP contribution in [0.2, 0.25) is 5.02 Å². The third kappa shape index (κ3) is 6.50. The number of piperidine rings is 2. The van der Waals surface area contributed by atoms with Crippen LogP contribution in [0.3, 0.4) is 0 Å². The second-order valence-corrected chi connectivity index (χ2v) is 14.7. The van der Waals surface area contributed by atoms with Crippen molar-refractivity contribution in [3.8, 4) is 5.75 Å². The Morgan fingerprint density at radius 2 is 1.77 bits per heavy atom. The van der Waals surface area contributed by atoms with Gasteiger partial charge in [-0.15, -0.1) is 0 Å². The highest BCUT2D eigenvalue weighted by Gasteiger charge is 2.36. The van der Waals surface area contributed by atoms with Gasteiger partial charge in [0.1, 0.15) is 21.3 Å². The van der Waals surface area contributed by atoms with Gasteiger partial charge in [0.15, 0.2) is 5.82 Å². The van der Waals surface area contributed by atoms with Crippen LogP contribution in [-0.4, -0.2) is 68.2 Å². The predicted molar refractivity (Wildman–Crippen MR) is 173 cm³/mol. The largest absolute Gasteiger partial charge is 0.485 e. The summed E-state index contributed by atoms with van der Waals surface area (Å²) in [5, 5.41) is 6.75. The molecule has 0 radical (unpaired) electrons. The number of halogens is 1. The van der Waals surface area contributed by atoms with E-state index in [-0.39, 0.29) is 15.5 Å². The van der Waals surface area contributed by atoms with Gasteiger partial charge in [0.05, 0.1) is 17.6 Å². The normalized spacial score (nSPS) is 21.1. The molecule has 0 amide bonds. The van der Waals surface area contributed by atoms with Crippen LogP contribution in [0, 0.1) is 0 Å². The standard InChI is InChI=1S/C31H42ClN7O3S/c1-31(2)19-22-26(39-17-13-21(14-18-39)38-15-7-4-8-16-38)12-11-25(28(22)42-31)36-30-34-20-23(32)29(37-30)35-24-9-5-6-10-27(24)43(40,41)33-3/h9-12,20-21,33H,4-8,13-19H2,1-3H3,(H2,34,35,36,37).